The first-order valence-electron chi connectivity index (χ1n) is 7.29. The van der Waals surface area contributed by atoms with Crippen LogP contribution in [0.25, 0.3) is 0 Å². The molecule has 2 aromatic carbocycles. The van der Waals surface area contributed by atoms with E-state index in [2.05, 4.69) is 79.0 Å². The van der Waals surface area contributed by atoms with Crippen LogP contribution in [0.5, 0.6) is 0 Å². The van der Waals surface area contributed by atoms with E-state index in [-0.39, 0.29) is 0 Å². The predicted molar refractivity (Wildman–Crippen MR) is 90.0 cm³/mol. The van der Waals surface area contributed by atoms with Crippen LogP contribution in [0.15, 0.2) is 48.5 Å². The standard InChI is InChI=1S/C18H21NS/c1-14-10-11-17(15(2)13-14)19(18-9-6-12-20-18)16-7-4-3-5-8-16/h3-5,7-8,10-11,13,18H,6,9,12H2,1-2H3. The minimum atomic E-state index is 0.568. The summed E-state index contributed by atoms with van der Waals surface area (Å²) in [6, 6.07) is 17.6. The van der Waals surface area contributed by atoms with Crippen molar-refractivity contribution in [2.75, 3.05) is 10.7 Å². The van der Waals surface area contributed by atoms with Crippen LogP contribution in [0.1, 0.15) is 24.0 Å². The van der Waals surface area contributed by atoms with Gasteiger partial charge in [-0.2, -0.15) is 0 Å². The topological polar surface area (TPSA) is 3.24 Å². The van der Waals surface area contributed by atoms with E-state index in [1.165, 1.54) is 41.1 Å². The number of aryl methyl sites for hydroxylation is 2. The summed E-state index contributed by atoms with van der Waals surface area (Å²) in [7, 11) is 0. The number of benzene rings is 2. The van der Waals surface area contributed by atoms with Crippen LogP contribution < -0.4 is 4.90 Å². The molecule has 0 bridgehead atoms. The van der Waals surface area contributed by atoms with Crippen molar-refractivity contribution >= 4 is 23.1 Å². The van der Waals surface area contributed by atoms with Crippen LogP contribution >= 0.6 is 11.8 Å². The highest BCUT2D eigenvalue weighted by Gasteiger charge is 2.25. The monoisotopic (exact) mass is 283 g/mol. The Hall–Kier alpha value is -1.41. The van der Waals surface area contributed by atoms with E-state index in [9.17, 15) is 0 Å². The molecule has 2 heteroatoms. The van der Waals surface area contributed by atoms with E-state index in [1.807, 2.05) is 0 Å². The number of para-hydroxylation sites is 1. The van der Waals surface area contributed by atoms with Crippen molar-refractivity contribution in [1.29, 1.82) is 0 Å². The average molecular weight is 283 g/mol. The zero-order chi connectivity index (χ0) is 13.9. The molecular weight excluding hydrogens is 262 g/mol. The predicted octanol–water partition coefficient (Wildman–Crippen LogP) is 5.29. The van der Waals surface area contributed by atoms with E-state index < -0.39 is 0 Å². The summed E-state index contributed by atoms with van der Waals surface area (Å²) in [6.07, 6.45) is 2.59. The van der Waals surface area contributed by atoms with Crippen LogP contribution in [-0.4, -0.2) is 11.1 Å². The van der Waals surface area contributed by atoms with Crippen molar-refractivity contribution in [3.8, 4) is 0 Å². The Bertz CT molecular complexity index is 573. The molecule has 1 unspecified atom stereocenters. The fraction of sp³-hybridized carbons (Fsp3) is 0.333. The number of hydrogen-bond donors (Lipinski definition) is 0. The fourth-order valence-corrected chi connectivity index (χ4v) is 4.21. The van der Waals surface area contributed by atoms with Gasteiger partial charge in [-0.25, -0.2) is 0 Å². The Kier molecular flexibility index (Phi) is 4.02. The second kappa shape index (κ2) is 5.92. The first-order chi connectivity index (χ1) is 9.75. The summed E-state index contributed by atoms with van der Waals surface area (Å²) < 4.78 is 0. The second-order valence-electron chi connectivity index (χ2n) is 5.46. The van der Waals surface area contributed by atoms with Gasteiger partial charge in [0.25, 0.3) is 0 Å². The first kappa shape index (κ1) is 13.6. The number of hydrogen-bond acceptors (Lipinski definition) is 2. The molecule has 0 aliphatic carbocycles. The number of thioether (sulfide) groups is 1. The minimum Gasteiger partial charge on any atom is -0.329 e. The lowest BCUT2D eigenvalue weighted by atomic mass is 10.1. The largest absolute Gasteiger partial charge is 0.329 e. The Morgan fingerprint density at radius 3 is 2.50 bits per heavy atom. The SMILES string of the molecule is Cc1ccc(N(c2ccccc2)C2CCCS2)c(C)c1. The summed E-state index contributed by atoms with van der Waals surface area (Å²) in [5.41, 5.74) is 5.35. The first-order valence-corrected chi connectivity index (χ1v) is 8.34. The number of rotatable bonds is 3. The lowest BCUT2D eigenvalue weighted by molar-refractivity contribution is 0.785. The zero-order valence-electron chi connectivity index (χ0n) is 12.2. The maximum atomic E-state index is 2.52. The highest BCUT2D eigenvalue weighted by molar-refractivity contribution is 8.00. The lowest BCUT2D eigenvalue weighted by Crippen LogP contribution is -2.26. The average Bonchev–Trinajstić information content (AvgIpc) is 2.97. The normalized spacial score (nSPS) is 18.2. The lowest BCUT2D eigenvalue weighted by Gasteiger charge is -2.32. The molecule has 1 nitrogen and oxygen atoms in total. The molecule has 1 fully saturated rings. The molecule has 20 heavy (non-hydrogen) atoms. The molecule has 3 rings (SSSR count). The van der Waals surface area contributed by atoms with Crippen LogP contribution in [0.3, 0.4) is 0 Å². The van der Waals surface area contributed by atoms with Crippen LogP contribution in [-0.2, 0) is 0 Å². The molecule has 0 N–H and O–H groups in total. The fourth-order valence-electron chi connectivity index (χ4n) is 2.89. The van der Waals surface area contributed by atoms with Gasteiger partial charge < -0.3 is 4.90 Å². The maximum Gasteiger partial charge on any atom is 0.0799 e. The summed E-state index contributed by atoms with van der Waals surface area (Å²) in [5, 5.41) is 0.568. The van der Waals surface area contributed by atoms with Crippen LogP contribution in [0.2, 0.25) is 0 Å². The van der Waals surface area contributed by atoms with Gasteiger partial charge in [-0.05, 0) is 56.2 Å². The van der Waals surface area contributed by atoms with E-state index in [1.54, 1.807) is 0 Å². The summed E-state index contributed by atoms with van der Waals surface area (Å²) in [6.45, 7) is 4.38. The minimum absolute atomic E-state index is 0.568. The van der Waals surface area contributed by atoms with Gasteiger partial charge in [-0.15, -0.1) is 11.8 Å². The molecule has 1 atom stereocenters. The van der Waals surface area contributed by atoms with Crippen LogP contribution in [0.4, 0.5) is 11.4 Å². The number of anilines is 2. The van der Waals surface area contributed by atoms with Gasteiger partial charge in [-0.3, -0.25) is 0 Å². The molecule has 0 aromatic heterocycles. The van der Waals surface area contributed by atoms with Gasteiger partial charge in [-0.1, -0.05) is 35.9 Å². The quantitative estimate of drug-likeness (QED) is 0.752. The van der Waals surface area contributed by atoms with Gasteiger partial charge in [0.05, 0.1) is 5.37 Å². The molecule has 104 valence electrons. The third-order valence-corrected chi connectivity index (χ3v) is 5.20. The molecule has 1 heterocycles. The Morgan fingerprint density at radius 2 is 1.85 bits per heavy atom. The zero-order valence-corrected chi connectivity index (χ0v) is 13.0. The van der Waals surface area contributed by atoms with Crippen molar-refractivity contribution in [1.82, 2.24) is 0 Å². The number of nitrogens with zero attached hydrogens (tertiary/aromatic N) is 1. The van der Waals surface area contributed by atoms with Gasteiger partial charge in [0.15, 0.2) is 0 Å². The van der Waals surface area contributed by atoms with E-state index in [0.717, 1.165) is 0 Å². The van der Waals surface area contributed by atoms with Gasteiger partial charge in [0.2, 0.25) is 0 Å². The Labute approximate surface area is 126 Å². The molecule has 0 amide bonds. The molecule has 0 saturated carbocycles. The smallest absolute Gasteiger partial charge is 0.0799 e. The Balaban J connectivity index is 2.05. The van der Waals surface area contributed by atoms with Crippen molar-refractivity contribution < 1.29 is 0 Å². The molecule has 1 saturated heterocycles. The maximum absolute atomic E-state index is 2.52. The van der Waals surface area contributed by atoms with E-state index in [4.69, 9.17) is 0 Å². The summed E-state index contributed by atoms with van der Waals surface area (Å²) >= 11 is 2.08. The molecule has 0 radical (unpaired) electrons. The Morgan fingerprint density at radius 1 is 1.05 bits per heavy atom. The van der Waals surface area contributed by atoms with Gasteiger partial charge in [0, 0.05) is 11.4 Å². The van der Waals surface area contributed by atoms with Crippen molar-refractivity contribution in [2.24, 2.45) is 0 Å². The molecule has 1 aliphatic rings. The molecule has 0 spiro atoms. The highest BCUT2D eigenvalue weighted by atomic mass is 32.2. The van der Waals surface area contributed by atoms with Gasteiger partial charge in [0.1, 0.15) is 0 Å². The second-order valence-corrected chi connectivity index (χ2v) is 6.75. The molecule has 1 aliphatic heterocycles. The van der Waals surface area contributed by atoms with E-state index >= 15 is 0 Å². The summed E-state index contributed by atoms with van der Waals surface area (Å²) in [5.74, 6) is 1.28. The summed E-state index contributed by atoms with van der Waals surface area (Å²) in [4.78, 5) is 2.52. The van der Waals surface area contributed by atoms with Crippen LogP contribution in [0, 0.1) is 13.8 Å². The molecule has 2 aromatic rings. The third-order valence-electron chi connectivity index (χ3n) is 3.84. The van der Waals surface area contributed by atoms with Crippen molar-refractivity contribution in [2.45, 2.75) is 32.1 Å². The van der Waals surface area contributed by atoms with Crippen molar-refractivity contribution in [3.05, 3.63) is 59.7 Å². The van der Waals surface area contributed by atoms with Gasteiger partial charge >= 0.3 is 0 Å². The van der Waals surface area contributed by atoms with E-state index in [0.29, 0.717) is 5.37 Å². The third kappa shape index (κ3) is 2.71. The highest BCUT2D eigenvalue weighted by Crippen LogP contribution is 2.39. The molecular formula is C18H21NS. The van der Waals surface area contributed by atoms with Crippen molar-refractivity contribution in [3.63, 3.8) is 0 Å².